The Kier molecular flexibility index (Phi) is 2.41. The van der Waals surface area contributed by atoms with Crippen LogP contribution in [0.3, 0.4) is 0 Å². The van der Waals surface area contributed by atoms with E-state index in [9.17, 15) is 9.59 Å². The second-order valence-corrected chi connectivity index (χ2v) is 4.45. The first-order chi connectivity index (χ1) is 6.25. The number of hydrogen-bond donors (Lipinski definition) is 0. The molecule has 72 valence electrons. The van der Waals surface area contributed by atoms with Gasteiger partial charge in [0.05, 0.1) is 11.8 Å². The van der Waals surface area contributed by atoms with E-state index in [1.165, 1.54) is 4.90 Å². The summed E-state index contributed by atoms with van der Waals surface area (Å²) < 4.78 is 0. The highest BCUT2D eigenvalue weighted by atomic mass is 79.9. The molecule has 0 N–H and O–H groups in total. The predicted molar refractivity (Wildman–Crippen MR) is 51.3 cm³/mol. The summed E-state index contributed by atoms with van der Waals surface area (Å²) in [5.74, 6) is 0.164. The van der Waals surface area contributed by atoms with E-state index in [1.807, 2.05) is 0 Å². The summed E-state index contributed by atoms with van der Waals surface area (Å²) in [6.45, 7) is 0.532. The van der Waals surface area contributed by atoms with Gasteiger partial charge in [0, 0.05) is 11.9 Å². The summed E-state index contributed by atoms with van der Waals surface area (Å²) >= 11 is 3.25. The number of likely N-dealkylation sites (tertiary alicyclic amines) is 1. The van der Waals surface area contributed by atoms with Crippen LogP contribution in [0.5, 0.6) is 0 Å². The summed E-state index contributed by atoms with van der Waals surface area (Å²) in [6, 6.07) is 0. The molecule has 0 aromatic rings. The molecule has 3 nitrogen and oxygen atoms in total. The van der Waals surface area contributed by atoms with Crippen molar-refractivity contribution in [1.29, 1.82) is 0 Å². The van der Waals surface area contributed by atoms with E-state index in [2.05, 4.69) is 15.9 Å². The van der Waals surface area contributed by atoms with Crippen LogP contribution < -0.4 is 0 Å². The highest BCUT2D eigenvalue weighted by Gasteiger charge is 2.49. The summed E-state index contributed by atoms with van der Waals surface area (Å²) in [6.07, 6.45) is 2.86. The summed E-state index contributed by atoms with van der Waals surface area (Å²) in [7, 11) is 0. The Morgan fingerprint density at radius 1 is 1.23 bits per heavy atom. The van der Waals surface area contributed by atoms with Gasteiger partial charge in [-0.1, -0.05) is 22.4 Å². The molecular formula is C9H12BrNO2. The number of imide groups is 1. The lowest BCUT2D eigenvalue weighted by molar-refractivity contribution is -0.139. The normalized spacial score (nSPS) is 32.8. The second kappa shape index (κ2) is 3.40. The molecule has 0 radical (unpaired) electrons. The zero-order valence-corrected chi connectivity index (χ0v) is 8.92. The first-order valence-electron chi connectivity index (χ1n) is 4.67. The van der Waals surface area contributed by atoms with Gasteiger partial charge in [-0.25, -0.2) is 0 Å². The number of alkyl halides is 1. The topological polar surface area (TPSA) is 37.4 Å². The number of hydrogen-bond acceptors (Lipinski definition) is 2. The molecule has 2 rings (SSSR count). The van der Waals surface area contributed by atoms with Crippen LogP contribution in [-0.4, -0.2) is 28.6 Å². The number of fused-ring (bicyclic) bond motifs is 1. The maximum atomic E-state index is 11.7. The lowest BCUT2D eigenvalue weighted by Gasteiger charge is -2.13. The molecule has 1 heterocycles. The summed E-state index contributed by atoms with van der Waals surface area (Å²) in [5, 5.41) is 0.684. The van der Waals surface area contributed by atoms with Gasteiger partial charge in [0.2, 0.25) is 11.8 Å². The number of carbonyl (C=O) groups excluding carboxylic acids is 2. The third kappa shape index (κ3) is 1.31. The van der Waals surface area contributed by atoms with Crippen molar-refractivity contribution in [3.63, 3.8) is 0 Å². The molecule has 2 amide bonds. The van der Waals surface area contributed by atoms with Crippen molar-refractivity contribution < 1.29 is 9.59 Å². The van der Waals surface area contributed by atoms with Gasteiger partial charge in [-0.3, -0.25) is 14.5 Å². The molecule has 2 aliphatic rings. The van der Waals surface area contributed by atoms with Crippen molar-refractivity contribution in [1.82, 2.24) is 4.90 Å². The van der Waals surface area contributed by atoms with Crippen molar-refractivity contribution >= 4 is 27.7 Å². The smallest absolute Gasteiger partial charge is 0.233 e. The van der Waals surface area contributed by atoms with E-state index in [1.54, 1.807) is 0 Å². The molecule has 0 aromatic heterocycles. The summed E-state index contributed by atoms with van der Waals surface area (Å²) in [4.78, 5) is 24.8. The molecule has 13 heavy (non-hydrogen) atoms. The molecule has 1 aliphatic carbocycles. The number of nitrogens with zero attached hydrogens (tertiary/aromatic N) is 1. The van der Waals surface area contributed by atoms with Crippen LogP contribution in [0.15, 0.2) is 0 Å². The molecular weight excluding hydrogens is 234 g/mol. The molecule has 2 unspecified atom stereocenters. The third-order valence-electron chi connectivity index (χ3n) is 2.99. The minimum absolute atomic E-state index is 0.0200. The maximum absolute atomic E-state index is 11.7. The van der Waals surface area contributed by atoms with E-state index < -0.39 is 0 Å². The molecule has 2 fully saturated rings. The molecule has 0 aromatic carbocycles. The quantitative estimate of drug-likeness (QED) is 0.541. The van der Waals surface area contributed by atoms with Gasteiger partial charge in [0.25, 0.3) is 0 Å². The van der Waals surface area contributed by atoms with Crippen LogP contribution in [0.4, 0.5) is 0 Å². The van der Waals surface area contributed by atoms with Crippen LogP contribution in [0, 0.1) is 11.8 Å². The van der Waals surface area contributed by atoms with Crippen molar-refractivity contribution in [2.45, 2.75) is 19.3 Å². The van der Waals surface area contributed by atoms with Gasteiger partial charge in [-0.05, 0) is 12.8 Å². The average molecular weight is 246 g/mol. The molecule has 4 heteroatoms. The van der Waals surface area contributed by atoms with Crippen molar-refractivity contribution in [3.8, 4) is 0 Å². The van der Waals surface area contributed by atoms with Crippen molar-refractivity contribution in [2.24, 2.45) is 11.8 Å². The number of halogens is 1. The molecule has 1 aliphatic heterocycles. The standard InChI is InChI=1S/C9H12BrNO2/c10-4-5-11-8(12)6-2-1-3-7(6)9(11)13/h6-7H,1-5H2. The number of rotatable bonds is 2. The lowest BCUT2D eigenvalue weighted by atomic mass is 10.00. The van der Waals surface area contributed by atoms with Crippen LogP contribution in [0.25, 0.3) is 0 Å². The first kappa shape index (κ1) is 9.19. The molecule has 0 spiro atoms. The third-order valence-corrected chi connectivity index (χ3v) is 3.35. The van der Waals surface area contributed by atoms with Crippen LogP contribution in [-0.2, 0) is 9.59 Å². The SMILES string of the molecule is O=C1C2CCCC2C(=O)N1CCBr. The maximum Gasteiger partial charge on any atom is 0.233 e. The fraction of sp³-hybridized carbons (Fsp3) is 0.778. The zero-order valence-electron chi connectivity index (χ0n) is 7.33. The Balaban J connectivity index is 2.16. The number of amides is 2. The predicted octanol–water partition coefficient (Wildman–Crippen LogP) is 1.17. The van der Waals surface area contributed by atoms with E-state index in [0.29, 0.717) is 11.9 Å². The van der Waals surface area contributed by atoms with Gasteiger partial charge in [0.1, 0.15) is 0 Å². The van der Waals surface area contributed by atoms with E-state index >= 15 is 0 Å². The second-order valence-electron chi connectivity index (χ2n) is 3.66. The largest absolute Gasteiger partial charge is 0.281 e. The Morgan fingerprint density at radius 2 is 1.77 bits per heavy atom. The van der Waals surface area contributed by atoms with Crippen molar-refractivity contribution in [2.75, 3.05) is 11.9 Å². The summed E-state index contributed by atoms with van der Waals surface area (Å²) in [5.41, 5.74) is 0. The molecule has 2 atom stereocenters. The minimum Gasteiger partial charge on any atom is -0.281 e. The molecule has 1 saturated carbocycles. The monoisotopic (exact) mass is 245 g/mol. The highest BCUT2D eigenvalue weighted by molar-refractivity contribution is 9.09. The Morgan fingerprint density at radius 3 is 2.23 bits per heavy atom. The Labute approximate surface area is 85.6 Å². The van der Waals surface area contributed by atoms with Crippen LogP contribution >= 0.6 is 15.9 Å². The van der Waals surface area contributed by atoms with E-state index in [4.69, 9.17) is 0 Å². The Bertz CT molecular complexity index is 232. The lowest BCUT2D eigenvalue weighted by Crippen LogP contribution is -2.33. The molecule has 0 bridgehead atoms. The van der Waals surface area contributed by atoms with Gasteiger partial charge in [-0.15, -0.1) is 0 Å². The van der Waals surface area contributed by atoms with Crippen LogP contribution in [0.1, 0.15) is 19.3 Å². The number of carbonyl (C=O) groups is 2. The molecule has 1 saturated heterocycles. The zero-order chi connectivity index (χ0) is 9.42. The van der Waals surface area contributed by atoms with Gasteiger partial charge in [0.15, 0.2) is 0 Å². The first-order valence-corrected chi connectivity index (χ1v) is 5.79. The Hall–Kier alpha value is -0.380. The average Bonchev–Trinajstić information content (AvgIpc) is 2.66. The van der Waals surface area contributed by atoms with E-state index in [-0.39, 0.29) is 23.7 Å². The van der Waals surface area contributed by atoms with Crippen molar-refractivity contribution in [3.05, 3.63) is 0 Å². The van der Waals surface area contributed by atoms with Gasteiger partial charge >= 0.3 is 0 Å². The fourth-order valence-corrected chi connectivity index (χ4v) is 2.72. The fourth-order valence-electron chi connectivity index (χ4n) is 2.37. The van der Waals surface area contributed by atoms with Gasteiger partial charge in [-0.2, -0.15) is 0 Å². The minimum atomic E-state index is 0.0200. The van der Waals surface area contributed by atoms with E-state index in [0.717, 1.165) is 19.3 Å². The van der Waals surface area contributed by atoms with Gasteiger partial charge < -0.3 is 0 Å². The highest BCUT2D eigenvalue weighted by Crippen LogP contribution is 2.39. The van der Waals surface area contributed by atoms with Crippen LogP contribution in [0.2, 0.25) is 0 Å².